The van der Waals surface area contributed by atoms with Crippen LogP contribution >= 0.6 is 15.9 Å². The van der Waals surface area contributed by atoms with Gasteiger partial charge in [-0.1, -0.05) is 28.1 Å². The minimum atomic E-state index is -2.93. The monoisotopic (exact) mass is 294 g/mol. The van der Waals surface area contributed by atoms with Crippen LogP contribution in [0.1, 0.15) is 5.56 Å². The van der Waals surface area contributed by atoms with Gasteiger partial charge < -0.3 is 9.47 Å². The lowest BCUT2D eigenvalue weighted by Crippen LogP contribution is -2.29. The van der Waals surface area contributed by atoms with Gasteiger partial charge in [0.2, 0.25) is 0 Å². The van der Waals surface area contributed by atoms with Gasteiger partial charge in [0.15, 0.2) is 0 Å². The molecule has 0 spiro atoms. The predicted octanol–water partition coefficient (Wildman–Crippen LogP) is 3.25. The summed E-state index contributed by atoms with van der Waals surface area (Å²) in [6.45, 7) is -1.07. The number of hydrogen-bond donors (Lipinski definition) is 0. The molecule has 0 aliphatic heterocycles. The lowest BCUT2D eigenvalue weighted by molar-refractivity contribution is -0.119. The number of ether oxygens (including phenoxy) is 2. The van der Waals surface area contributed by atoms with Crippen molar-refractivity contribution in [3.8, 4) is 0 Å². The van der Waals surface area contributed by atoms with Crippen LogP contribution in [0.3, 0.4) is 0 Å². The van der Waals surface area contributed by atoms with Crippen LogP contribution in [0.4, 0.5) is 8.78 Å². The van der Waals surface area contributed by atoms with Crippen molar-refractivity contribution in [3.63, 3.8) is 0 Å². The van der Waals surface area contributed by atoms with E-state index in [1.807, 2.05) is 24.3 Å². The third-order valence-corrected chi connectivity index (χ3v) is 2.38. The molecule has 0 saturated carbocycles. The number of alkyl halides is 2. The third kappa shape index (κ3) is 5.01. The van der Waals surface area contributed by atoms with Gasteiger partial charge in [0.1, 0.15) is 13.2 Å². The van der Waals surface area contributed by atoms with Crippen LogP contribution in [0.2, 0.25) is 0 Å². The van der Waals surface area contributed by atoms with Crippen LogP contribution in [0.15, 0.2) is 28.7 Å². The number of halogens is 3. The van der Waals surface area contributed by atoms with Crippen molar-refractivity contribution in [2.75, 3.05) is 20.3 Å². The van der Waals surface area contributed by atoms with E-state index in [1.54, 1.807) is 0 Å². The average molecular weight is 295 g/mol. The Hall–Kier alpha value is -0.520. The summed E-state index contributed by atoms with van der Waals surface area (Å²) in [6.07, 6.45) is 0. The Kier molecular flexibility index (Phi) is 5.31. The Morgan fingerprint density at radius 2 is 1.81 bits per heavy atom. The van der Waals surface area contributed by atoms with Crippen molar-refractivity contribution >= 4 is 15.9 Å². The molecule has 0 aliphatic carbocycles. The summed E-state index contributed by atoms with van der Waals surface area (Å²) in [5.74, 6) is -2.93. The molecule has 1 aromatic carbocycles. The lowest BCUT2D eigenvalue weighted by atomic mass is 10.2. The van der Waals surface area contributed by atoms with E-state index in [4.69, 9.17) is 4.74 Å². The Bertz CT molecular complexity index is 314. The van der Waals surface area contributed by atoms with Crippen LogP contribution in [-0.4, -0.2) is 26.2 Å². The maximum Gasteiger partial charge on any atom is 0.293 e. The van der Waals surface area contributed by atoms with Crippen LogP contribution in [0.5, 0.6) is 0 Å². The van der Waals surface area contributed by atoms with Gasteiger partial charge in [0.05, 0.1) is 6.61 Å². The Morgan fingerprint density at radius 1 is 1.19 bits per heavy atom. The second-order valence-electron chi connectivity index (χ2n) is 3.41. The summed E-state index contributed by atoms with van der Waals surface area (Å²) in [5, 5.41) is 0. The van der Waals surface area contributed by atoms with Gasteiger partial charge >= 0.3 is 0 Å². The van der Waals surface area contributed by atoms with E-state index in [-0.39, 0.29) is 6.61 Å². The molecule has 0 aliphatic rings. The minimum Gasteiger partial charge on any atom is -0.378 e. The summed E-state index contributed by atoms with van der Waals surface area (Å²) < 4.78 is 36.1. The molecule has 0 atom stereocenters. The summed E-state index contributed by atoms with van der Waals surface area (Å²) in [7, 11) is 1.24. The molecule has 0 N–H and O–H groups in total. The molecule has 0 bridgehead atoms. The molecular weight excluding hydrogens is 282 g/mol. The van der Waals surface area contributed by atoms with E-state index in [0.29, 0.717) is 0 Å². The predicted molar refractivity (Wildman–Crippen MR) is 60.6 cm³/mol. The topological polar surface area (TPSA) is 18.5 Å². The normalized spacial score (nSPS) is 11.8. The molecule has 90 valence electrons. The highest BCUT2D eigenvalue weighted by molar-refractivity contribution is 9.10. The van der Waals surface area contributed by atoms with Gasteiger partial charge in [0, 0.05) is 11.6 Å². The second-order valence-corrected chi connectivity index (χ2v) is 4.32. The highest BCUT2D eigenvalue weighted by atomic mass is 79.9. The number of methoxy groups -OCH3 is 1. The summed E-state index contributed by atoms with van der Waals surface area (Å²) in [4.78, 5) is 0. The van der Waals surface area contributed by atoms with Gasteiger partial charge in [-0.2, -0.15) is 0 Å². The Labute approximate surface area is 102 Å². The van der Waals surface area contributed by atoms with E-state index in [2.05, 4.69) is 20.7 Å². The third-order valence-electron chi connectivity index (χ3n) is 1.85. The minimum absolute atomic E-state index is 0.173. The van der Waals surface area contributed by atoms with Crippen molar-refractivity contribution in [1.29, 1.82) is 0 Å². The molecule has 0 radical (unpaired) electrons. The zero-order chi connectivity index (χ0) is 12.0. The second kappa shape index (κ2) is 6.27. The molecule has 0 unspecified atom stereocenters. The number of hydrogen-bond acceptors (Lipinski definition) is 2. The van der Waals surface area contributed by atoms with E-state index in [9.17, 15) is 8.78 Å². The SMILES string of the molecule is COCC(F)(F)COCc1ccc(Br)cc1. The van der Waals surface area contributed by atoms with Crippen LogP contribution < -0.4 is 0 Å². The largest absolute Gasteiger partial charge is 0.378 e. The lowest BCUT2D eigenvalue weighted by Gasteiger charge is -2.15. The Balaban J connectivity index is 2.32. The number of benzene rings is 1. The molecule has 5 heteroatoms. The summed E-state index contributed by atoms with van der Waals surface area (Å²) in [6, 6.07) is 7.31. The molecular formula is C11H13BrF2O2. The molecule has 16 heavy (non-hydrogen) atoms. The fourth-order valence-corrected chi connectivity index (χ4v) is 1.42. The fourth-order valence-electron chi connectivity index (χ4n) is 1.15. The van der Waals surface area contributed by atoms with E-state index >= 15 is 0 Å². The van der Waals surface area contributed by atoms with Crippen molar-refractivity contribution in [1.82, 2.24) is 0 Å². The molecule has 0 fully saturated rings. The maximum atomic E-state index is 12.9. The molecule has 1 rings (SSSR count). The summed E-state index contributed by atoms with van der Waals surface area (Å²) >= 11 is 3.29. The zero-order valence-electron chi connectivity index (χ0n) is 8.88. The maximum absolute atomic E-state index is 12.9. The zero-order valence-corrected chi connectivity index (χ0v) is 10.5. The van der Waals surface area contributed by atoms with Crippen molar-refractivity contribution in [2.45, 2.75) is 12.5 Å². The smallest absolute Gasteiger partial charge is 0.293 e. The first kappa shape index (κ1) is 13.5. The molecule has 0 aromatic heterocycles. The van der Waals surface area contributed by atoms with Crippen LogP contribution in [0.25, 0.3) is 0 Å². The number of rotatable bonds is 6. The van der Waals surface area contributed by atoms with Gasteiger partial charge in [-0.05, 0) is 17.7 Å². The van der Waals surface area contributed by atoms with Crippen molar-refractivity contribution in [3.05, 3.63) is 34.3 Å². The first-order valence-electron chi connectivity index (χ1n) is 4.72. The first-order chi connectivity index (χ1) is 7.53. The molecule has 0 amide bonds. The van der Waals surface area contributed by atoms with E-state index in [1.165, 1.54) is 7.11 Å². The quantitative estimate of drug-likeness (QED) is 0.802. The fraction of sp³-hybridized carbons (Fsp3) is 0.455. The van der Waals surface area contributed by atoms with Gasteiger partial charge in [-0.25, -0.2) is 8.78 Å². The van der Waals surface area contributed by atoms with Crippen LogP contribution in [-0.2, 0) is 16.1 Å². The van der Waals surface area contributed by atoms with Gasteiger partial charge in [-0.3, -0.25) is 0 Å². The van der Waals surface area contributed by atoms with Crippen LogP contribution in [0, 0.1) is 0 Å². The first-order valence-corrected chi connectivity index (χ1v) is 5.52. The van der Waals surface area contributed by atoms with Crippen molar-refractivity contribution in [2.24, 2.45) is 0 Å². The summed E-state index contributed by atoms with van der Waals surface area (Å²) in [5.41, 5.74) is 0.858. The van der Waals surface area contributed by atoms with Crippen molar-refractivity contribution < 1.29 is 18.3 Å². The highest BCUT2D eigenvalue weighted by Gasteiger charge is 2.28. The standard InChI is InChI=1S/C11H13BrF2O2/c1-15-7-11(13,14)8-16-6-9-2-4-10(12)5-3-9/h2-5H,6-8H2,1H3. The highest BCUT2D eigenvalue weighted by Crippen LogP contribution is 2.16. The van der Waals surface area contributed by atoms with Gasteiger partial charge in [0.25, 0.3) is 5.92 Å². The molecule has 0 saturated heterocycles. The molecule has 0 heterocycles. The molecule has 1 aromatic rings. The van der Waals surface area contributed by atoms with E-state index < -0.39 is 19.1 Å². The van der Waals surface area contributed by atoms with E-state index in [0.717, 1.165) is 10.0 Å². The average Bonchev–Trinajstić information content (AvgIpc) is 2.20. The molecule has 2 nitrogen and oxygen atoms in total. The Morgan fingerprint density at radius 3 is 2.38 bits per heavy atom. The van der Waals surface area contributed by atoms with Gasteiger partial charge in [-0.15, -0.1) is 0 Å².